The molecule has 7 heteroatoms. The minimum Gasteiger partial charge on any atom is -0.494 e. The van der Waals surface area contributed by atoms with Gasteiger partial charge in [0.1, 0.15) is 5.75 Å². The Morgan fingerprint density at radius 2 is 1.93 bits per heavy atom. The molecule has 0 unspecified atom stereocenters. The maximum absolute atomic E-state index is 12.8. The van der Waals surface area contributed by atoms with Crippen molar-refractivity contribution in [2.75, 3.05) is 32.8 Å². The Balaban J connectivity index is 1.31. The number of piperazine rings is 1. The number of benzene rings is 1. The molecule has 0 spiro atoms. The van der Waals surface area contributed by atoms with Crippen LogP contribution in [0.5, 0.6) is 5.75 Å². The van der Waals surface area contributed by atoms with Gasteiger partial charge in [0.05, 0.1) is 6.61 Å². The second kappa shape index (κ2) is 8.87. The number of ether oxygens (including phenoxy) is 1. The second-order valence-electron chi connectivity index (χ2n) is 6.96. The molecule has 0 atom stereocenters. The monoisotopic (exact) mass is 392 g/mol. The van der Waals surface area contributed by atoms with Gasteiger partial charge in [-0.15, -0.1) is 0 Å². The molecule has 1 amide bonds. The van der Waals surface area contributed by atoms with E-state index in [1.54, 1.807) is 18.5 Å². The maximum atomic E-state index is 12.8. The van der Waals surface area contributed by atoms with Crippen LogP contribution < -0.4 is 4.74 Å². The molecule has 1 aromatic carbocycles. The third-order valence-corrected chi connectivity index (χ3v) is 4.98. The van der Waals surface area contributed by atoms with Crippen molar-refractivity contribution in [2.24, 2.45) is 0 Å². The van der Waals surface area contributed by atoms with E-state index in [0.29, 0.717) is 31.2 Å². The molecule has 0 N–H and O–H groups in total. The molecule has 3 heterocycles. The first-order valence-electron chi connectivity index (χ1n) is 9.83. The Morgan fingerprint density at radius 3 is 2.62 bits per heavy atom. The first-order valence-corrected chi connectivity index (χ1v) is 9.83. The maximum Gasteiger partial charge on any atom is 0.276 e. The van der Waals surface area contributed by atoms with E-state index >= 15 is 0 Å². The quantitative estimate of drug-likeness (QED) is 0.642. The van der Waals surface area contributed by atoms with Crippen molar-refractivity contribution in [1.82, 2.24) is 19.9 Å². The number of amides is 1. The third kappa shape index (κ3) is 4.63. The van der Waals surface area contributed by atoms with Gasteiger partial charge in [-0.3, -0.25) is 14.7 Å². The molecule has 2 aromatic heterocycles. The first kappa shape index (κ1) is 19.1. The van der Waals surface area contributed by atoms with Crippen LogP contribution in [0.4, 0.5) is 0 Å². The summed E-state index contributed by atoms with van der Waals surface area (Å²) in [6.45, 7) is 6.51. The van der Waals surface area contributed by atoms with Crippen LogP contribution in [0.25, 0.3) is 11.3 Å². The molecule has 29 heavy (non-hydrogen) atoms. The van der Waals surface area contributed by atoms with Crippen molar-refractivity contribution in [3.63, 3.8) is 0 Å². The fourth-order valence-electron chi connectivity index (χ4n) is 3.41. The Labute approximate surface area is 169 Å². The summed E-state index contributed by atoms with van der Waals surface area (Å²) in [7, 11) is 0. The average molecular weight is 392 g/mol. The highest BCUT2D eigenvalue weighted by atomic mass is 16.5. The van der Waals surface area contributed by atoms with Crippen LogP contribution in [0, 0.1) is 0 Å². The molecule has 3 aromatic rings. The summed E-state index contributed by atoms with van der Waals surface area (Å²) in [4.78, 5) is 21.0. The van der Waals surface area contributed by atoms with Crippen LogP contribution in [0.1, 0.15) is 23.0 Å². The second-order valence-corrected chi connectivity index (χ2v) is 6.96. The molecule has 1 aliphatic rings. The van der Waals surface area contributed by atoms with Gasteiger partial charge in [0.25, 0.3) is 5.91 Å². The van der Waals surface area contributed by atoms with E-state index in [-0.39, 0.29) is 5.91 Å². The van der Waals surface area contributed by atoms with Gasteiger partial charge in [-0.2, -0.15) is 0 Å². The predicted molar refractivity (Wildman–Crippen MR) is 109 cm³/mol. The zero-order chi connectivity index (χ0) is 20.1. The van der Waals surface area contributed by atoms with E-state index < -0.39 is 0 Å². The van der Waals surface area contributed by atoms with Crippen molar-refractivity contribution in [3.05, 3.63) is 66.1 Å². The largest absolute Gasteiger partial charge is 0.494 e. The summed E-state index contributed by atoms with van der Waals surface area (Å²) >= 11 is 0. The molecular weight excluding hydrogens is 368 g/mol. The van der Waals surface area contributed by atoms with Crippen molar-refractivity contribution >= 4 is 5.91 Å². The average Bonchev–Trinajstić information content (AvgIpc) is 3.26. The number of carbonyl (C=O) groups excluding carboxylic acids is 1. The van der Waals surface area contributed by atoms with E-state index in [0.717, 1.165) is 30.9 Å². The summed E-state index contributed by atoms with van der Waals surface area (Å²) in [6, 6.07) is 13.6. The van der Waals surface area contributed by atoms with Gasteiger partial charge >= 0.3 is 0 Å². The van der Waals surface area contributed by atoms with Gasteiger partial charge < -0.3 is 14.2 Å². The minimum absolute atomic E-state index is 0.0930. The SMILES string of the molecule is CCOc1ccc(CN2CCN(C(=O)c3cc(-c4cccnc4)on3)CC2)cc1. The molecule has 1 saturated heterocycles. The highest BCUT2D eigenvalue weighted by Crippen LogP contribution is 2.20. The summed E-state index contributed by atoms with van der Waals surface area (Å²) in [5.74, 6) is 1.35. The predicted octanol–water partition coefficient (Wildman–Crippen LogP) is 3.09. The molecule has 0 radical (unpaired) electrons. The Hall–Kier alpha value is -3.19. The van der Waals surface area contributed by atoms with E-state index in [2.05, 4.69) is 27.2 Å². The summed E-state index contributed by atoms with van der Waals surface area (Å²) in [5, 5.41) is 3.96. The van der Waals surface area contributed by atoms with Crippen LogP contribution in [0.15, 0.2) is 59.4 Å². The number of hydrogen-bond donors (Lipinski definition) is 0. The van der Waals surface area contributed by atoms with Crippen molar-refractivity contribution < 1.29 is 14.1 Å². The fraction of sp³-hybridized carbons (Fsp3) is 0.318. The normalized spacial score (nSPS) is 14.7. The van der Waals surface area contributed by atoms with E-state index in [1.165, 1.54) is 5.56 Å². The van der Waals surface area contributed by atoms with Crippen LogP contribution in [-0.4, -0.2) is 58.6 Å². The number of aromatic nitrogens is 2. The van der Waals surface area contributed by atoms with Gasteiger partial charge in [0, 0.05) is 56.7 Å². The van der Waals surface area contributed by atoms with Crippen LogP contribution in [0.2, 0.25) is 0 Å². The summed E-state index contributed by atoms with van der Waals surface area (Å²) in [5.41, 5.74) is 2.38. The van der Waals surface area contributed by atoms with Crippen LogP contribution in [-0.2, 0) is 6.54 Å². The summed E-state index contributed by atoms with van der Waals surface area (Å²) < 4.78 is 10.8. The highest BCUT2D eigenvalue weighted by Gasteiger charge is 2.24. The lowest BCUT2D eigenvalue weighted by Gasteiger charge is -2.34. The number of rotatable bonds is 6. The van der Waals surface area contributed by atoms with Crippen molar-refractivity contribution in [1.29, 1.82) is 0 Å². The molecule has 7 nitrogen and oxygen atoms in total. The van der Waals surface area contributed by atoms with Crippen LogP contribution >= 0.6 is 0 Å². The van der Waals surface area contributed by atoms with Gasteiger partial charge in [0.15, 0.2) is 11.5 Å². The van der Waals surface area contributed by atoms with E-state index in [1.807, 2.05) is 36.1 Å². The number of nitrogens with zero attached hydrogens (tertiary/aromatic N) is 4. The Bertz CT molecular complexity index is 932. The molecule has 0 bridgehead atoms. The molecule has 0 aliphatic carbocycles. The van der Waals surface area contributed by atoms with Gasteiger partial charge in [-0.05, 0) is 36.8 Å². The molecule has 0 saturated carbocycles. The lowest BCUT2D eigenvalue weighted by Crippen LogP contribution is -2.48. The van der Waals surface area contributed by atoms with Gasteiger partial charge in [-0.25, -0.2) is 0 Å². The molecular formula is C22H24N4O3. The zero-order valence-electron chi connectivity index (χ0n) is 16.5. The standard InChI is InChI=1S/C22H24N4O3/c1-2-28-19-7-5-17(6-8-19)16-25-10-12-26(13-11-25)22(27)20-14-21(29-24-20)18-4-3-9-23-15-18/h3-9,14-15H,2,10-13,16H2,1H3. The Morgan fingerprint density at radius 1 is 1.14 bits per heavy atom. The fourth-order valence-corrected chi connectivity index (χ4v) is 3.41. The molecule has 4 rings (SSSR count). The molecule has 1 aliphatic heterocycles. The van der Waals surface area contributed by atoms with Crippen molar-refractivity contribution in [2.45, 2.75) is 13.5 Å². The zero-order valence-corrected chi connectivity index (χ0v) is 16.5. The van der Waals surface area contributed by atoms with Gasteiger partial charge in [-0.1, -0.05) is 17.3 Å². The highest BCUT2D eigenvalue weighted by molar-refractivity contribution is 5.93. The van der Waals surface area contributed by atoms with E-state index in [9.17, 15) is 4.79 Å². The Kier molecular flexibility index (Phi) is 5.86. The third-order valence-electron chi connectivity index (χ3n) is 4.98. The van der Waals surface area contributed by atoms with Gasteiger partial charge in [0.2, 0.25) is 0 Å². The van der Waals surface area contributed by atoms with E-state index in [4.69, 9.17) is 9.26 Å². The minimum atomic E-state index is -0.0930. The lowest BCUT2D eigenvalue weighted by atomic mass is 10.2. The van der Waals surface area contributed by atoms with Crippen LogP contribution in [0.3, 0.4) is 0 Å². The summed E-state index contributed by atoms with van der Waals surface area (Å²) in [6.07, 6.45) is 3.38. The number of pyridine rings is 1. The molecule has 1 fully saturated rings. The smallest absolute Gasteiger partial charge is 0.276 e. The lowest BCUT2D eigenvalue weighted by molar-refractivity contribution is 0.0618. The topological polar surface area (TPSA) is 71.7 Å². The molecule has 150 valence electrons. The number of carbonyl (C=O) groups is 1. The first-order chi connectivity index (χ1) is 14.2. The van der Waals surface area contributed by atoms with Crippen molar-refractivity contribution in [3.8, 4) is 17.1 Å². The number of hydrogen-bond acceptors (Lipinski definition) is 6.